The molecule has 0 aliphatic carbocycles. The number of nitrogens with two attached hydrogens (primary N) is 1. The Balaban J connectivity index is 1.84. The number of aromatic nitrogens is 2. The van der Waals surface area contributed by atoms with Crippen molar-refractivity contribution in [2.24, 2.45) is 5.73 Å². The highest BCUT2D eigenvalue weighted by Gasteiger charge is 2.19. The summed E-state index contributed by atoms with van der Waals surface area (Å²) in [6, 6.07) is 11.8. The van der Waals surface area contributed by atoms with Crippen LogP contribution < -0.4 is 5.73 Å². The van der Waals surface area contributed by atoms with E-state index in [0.29, 0.717) is 11.4 Å². The fourth-order valence-electron chi connectivity index (χ4n) is 3.12. The second-order valence-electron chi connectivity index (χ2n) is 6.20. The minimum atomic E-state index is -0.589. The second kappa shape index (κ2) is 7.25. The molecule has 0 aliphatic heterocycles. The van der Waals surface area contributed by atoms with Gasteiger partial charge >= 0.3 is 0 Å². The number of imidazole rings is 1. The Kier molecular flexibility index (Phi) is 5.06. The van der Waals surface area contributed by atoms with Crippen molar-refractivity contribution in [1.29, 1.82) is 0 Å². The Morgan fingerprint density at radius 2 is 2.16 bits per heavy atom. The number of carbonyl (C=O) groups excluding carboxylic acids is 1. The number of amides is 1. The topological polar surface area (TPSA) is 81.1 Å². The highest BCUT2D eigenvalue weighted by atomic mass is 35.5. The fourth-order valence-corrected chi connectivity index (χ4v) is 3.29. The van der Waals surface area contributed by atoms with E-state index in [-0.39, 0.29) is 11.7 Å². The smallest absolute Gasteiger partial charge is 0.268 e. The summed E-state index contributed by atoms with van der Waals surface area (Å²) in [6.45, 7) is 1.73. The van der Waals surface area contributed by atoms with Gasteiger partial charge in [-0.05, 0) is 48.2 Å². The molecule has 0 bridgehead atoms. The minimum absolute atomic E-state index is 0.197. The maximum absolute atomic E-state index is 11.2. The van der Waals surface area contributed by atoms with E-state index < -0.39 is 12.0 Å². The van der Waals surface area contributed by atoms with Gasteiger partial charge in [0.15, 0.2) is 0 Å². The monoisotopic (exact) mass is 357 g/mol. The zero-order valence-electron chi connectivity index (χ0n) is 13.9. The molecule has 130 valence electrons. The zero-order chi connectivity index (χ0) is 18.0. The summed E-state index contributed by atoms with van der Waals surface area (Å²) in [6.07, 6.45) is 3.99. The standard InChI is InChI=1S/C19H20ClN3O2/c1-12(24)18(23-10-17(19(21)25)22-11-23)8-6-14-4-2-3-13-5-7-15(20)9-16(13)14/h2-5,7,9-12,18,24H,6,8H2,1H3,(H2,21,25). The lowest BCUT2D eigenvalue weighted by Crippen LogP contribution is -2.21. The Bertz CT molecular complexity index is 905. The van der Waals surface area contributed by atoms with Crippen molar-refractivity contribution < 1.29 is 9.90 Å². The van der Waals surface area contributed by atoms with Crippen LogP contribution in [0.2, 0.25) is 5.02 Å². The number of halogens is 1. The highest BCUT2D eigenvalue weighted by molar-refractivity contribution is 6.31. The number of fused-ring (bicyclic) bond motifs is 1. The van der Waals surface area contributed by atoms with Gasteiger partial charge in [0.2, 0.25) is 0 Å². The Hall–Kier alpha value is -2.37. The summed E-state index contributed by atoms with van der Waals surface area (Å²) >= 11 is 6.14. The van der Waals surface area contributed by atoms with Crippen molar-refractivity contribution in [1.82, 2.24) is 9.55 Å². The number of rotatable bonds is 6. The van der Waals surface area contributed by atoms with Gasteiger partial charge in [-0.15, -0.1) is 0 Å². The number of aliphatic hydroxyl groups excluding tert-OH is 1. The fraction of sp³-hybridized carbons (Fsp3) is 0.263. The van der Waals surface area contributed by atoms with E-state index in [1.807, 2.05) is 24.3 Å². The number of benzene rings is 2. The molecular weight excluding hydrogens is 338 g/mol. The molecule has 2 atom stereocenters. The first-order chi connectivity index (χ1) is 12.0. The molecule has 1 heterocycles. The van der Waals surface area contributed by atoms with Crippen LogP contribution in [0.25, 0.3) is 10.8 Å². The van der Waals surface area contributed by atoms with E-state index in [2.05, 4.69) is 17.1 Å². The van der Waals surface area contributed by atoms with E-state index in [9.17, 15) is 9.90 Å². The van der Waals surface area contributed by atoms with Crippen molar-refractivity contribution >= 4 is 28.3 Å². The molecule has 0 radical (unpaired) electrons. The van der Waals surface area contributed by atoms with Crippen LogP contribution in [0.1, 0.15) is 35.4 Å². The normalized spacial score (nSPS) is 13.7. The average molecular weight is 358 g/mol. The lowest BCUT2D eigenvalue weighted by molar-refractivity contribution is 0.0994. The predicted octanol–water partition coefficient (Wildman–Crippen LogP) is 3.34. The maximum Gasteiger partial charge on any atom is 0.268 e. The number of hydrogen-bond acceptors (Lipinski definition) is 3. The molecule has 3 rings (SSSR count). The van der Waals surface area contributed by atoms with Gasteiger partial charge in [-0.25, -0.2) is 4.98 Å². The van der Waals surface area contributed by atoms with Crippen LogP contribution in [-0.2, 0) is 6.42 Å². The maximum atomic E-state index is 11.2. The first-order valence-corrected chi connectivity index (χ1v) is 8.52. The molecule has 2 aromatic carbocycles. The summed E-state index contributed by atoms with van der Waals surface area (Å²) in [5, 5.41) is 13.1. The molecule has 0 fully saturated rings. The number of nitrogens with zero attached hydrogens (tertiary/aromatic N) is 2. The highest BCUT2D eigenvalue weighted by Crippen LogP contribution is 2.26. The van der Waals surface area contributed by atoms with Crippen LogP contribution in [0.5, 0.6) is 0 Å². The first-order valence-electron chi connectivity index (χ1n) is 8.14. The number of aliphatic hydroxyl groups is 1. The van der Waals surface area contributed by atoms with Crippen LogP contribution in [-0.4, -0.2) is 26.7 Å². The molecule has 0 saturated heterocycles. The van der Waals surface area contributed by atoms with Gasteiger partial charge in [-0.1, -0.05) is 35.9 Å². The largest absolute Gasteiger partial charge is 0.391 e. The van der Waals surface area contributed by atoms with Crippen molar-refractivity contribution in [3.63, 3.8) is 0 Å². The summed E-state index contributed by atoms with van der Waals surface area (Å²) in [5.41, 5.74) is 6.62. The Morgan fingerprint density at radius 1 is 1.36 bits per heavy atom. The molecule has 6 heteroatoms. The third-order valence-electron chi connectivity index (χ3n) is 4.44. The molecule has 5 nitrogen and oxygen atoms in total. The number of aryl methyl sites for hydroxylation is 1. The molecule has 0 spiro atoms. The lowest BCUT2D eigenvalue weighted by atomic mass is 9.97. The summed E-state index contributed by atoms with van der Waals surface area (Å²) in [4.78, 5) is 15.2. The third kappa shape index (κ3) is 3.83. The van der Waals surface area contributed by atoms with Gasteiger partial charge in [0.05, 0.1) is 18.5 Å². The van der Waals surface area contributed by atoms with E-state index in [4.69, 9.17) is 17.3 Å². The Morgan fingerprint density at radius 3 is 2.84 bits per heavy atom. The van der Waals surface area contributed by atoms with Gasteiger partial charge in [0.25, 0.3) is 5.91 Å². The molecular formula is C19H20ClN3O2. The molecule has 2 unspecified atom stereocenters. The molecule has 3 aromatic rings. The zero-order valence-corrected chi connectivity index (χ0v) is 14.6. The van der Waals surface area contributed by atoms with Crippen molar-refractivity contribution in [2.75, 3.05) is 0 Å². The van der Waals surface area contributed by atoms with E-state index >= 15 is 0 Å². The van der Waals surface area contributed by atoms with Gasteiger partial charge in [-0.3, -0.25) is 4.79 Å². The first kappa shape index (κ1) is 17.5. The van der Waals surface area contributed by atoms with E-state index in [1.54, 1.807) is 17.7 Å². The van der Waals surface area contributed by atoms with Crippen LogP contribution >= 0.6 is 11.6 Å². The van der Waals surface area contributed by atoms with Gasteiger partial charge in [0.1, 0.15) is 5.69 Å². The molecule has 25 heavy (non-hydrogen) atoms. The van der Waals surface area contributed by atoms with Crippen molar-refractivity contribution in [3.05, 3.63) is 65.2 Å². The summed E-state index contributed by atoms with van der Waals surface area (Å²) in [5.74, 6) is -0.577. The van der Waals surface area contributed by atoms with Crippen molar-refractivity contribution in [3.8, 4) is 0 Å². The summed E-state index contributed by atoms with van der Waals surface area (Å²) in [7, 11) is 0. The van der Waals surface area contributed by atoms with E-state index in [1.165, 1.54) is 11.9 Å². The quantitative estimate of drug-likeness (QED) is 0.709. The van der Waals surface area contributed by atoms with Crippen LogP contribution in [0.15, 0.2) is 48.9 Å². The number of primary amides is 1. The Labute approximate surface area is 151 Å². The van der Waals surface area contributed by atoms with Crippen LogP contribution in [0, 0.1) is 0 Å². The molecule has 1 amide bonds. The number of carbonyl (C=O) groups is 1. The molecule has 3 N–H and O–H groups in total. The molecule has 0 aliphatic rings. The SMILES string of the molecule is CC(O)C(CCc1cccc2ccc(Cl)cc12)n1cnc(C(N)=O)c1. The minimum Gasteiger partial charge on any atom is -0.391 e. The van der Waals surface area contributed by atoms with Gasteiger partial charge < -0.3 is 15.4 Å². The van der Waals surface area contributed by atoms with Crippen LogP contribution in [0.4, 0.5) is 0 Å². The van der Waals surface area contributed by atoms with Gasteiger partial charge in [0, 0.05) is 11.2 Å². The lowest BCUT2D eigenvalue weighted by Gasteiger charge is -2.21. The molecule has 1 aromatic heterocycles. The van der Waals surface area contributed by atoms with Gasteiger partial charge in [-0.2, -0.15) is 0 Å². The third-order valence-corrected chi connectivity index (χ3v) is 4.67. The number of hydrogen-bond donors (Lipinski definition) is 2. The van der Waals surface area contributed by atoms with Crippen molar-refractivity contribution in [2.45, 2.75) is 31.9 Å². The average Bonchev–Trinajstić information content (AvgIpc) is 3.05. The second-order valence-corrected chi connectivity index (χ2v) is 6.64. The predicted molar refractivity (Wildman–Crippen MR) is 98.7 cm³/mol. The summed E-state index contributed by atoms with van der Waals surface area (Å²) < 4.78 is 1.75. The van der Waals surface area contributed by atoms with Crippen LogP contribution in [0.3, 0.4) is 0 Å². The molecule has 0 saturated carbocycles. The van der Waals surface area contributed by atoms with E-state index in [0.717, 1.165) is 17.2 Å².